The molecule has 0 aromatic carbocycles. The van der Waals surface area contributed by atoms with E-state index in [1.165, 1.54) is 0 Å². The molecule has 0 heterocycles. The van der Waals surface area contributed by atoms with Crippen LogP contribution in [0, 0.1) is 0 Å². The summed E-state index contributed by atoms with van der Waals surface area (Å²) >= 11 is -21.0. The Morgan fingerprint density at radius 2 is 0.364 bits per heavy atom. The van der Waals surface area contributed by atoms with Gasteiger partial charge in [-0.25, -0.2) is 0 Å². The van der Waals surface area contributed by atoms with Gasteiger partial charge in [-0.2, -0.15) is 0 Å². The summed E-state index contributed by atoms with van der Waals surface area (Å²) in [6.45, 7) is 0. The number of hydrogen-bond donors (Lipinski definition) is 0. The Kier molecular flexibility index (Phi) is 79.9. The van der Waals surface area contributed by atoms with Crippen LogP contribution in [0.25, 0.3) is 0 Å². The van der Waals surface area contributed by atoms with Crippen molar-refractivity contribution in [1.82, 2.24) is 0 Å². The fraction of sp³-hybridized carbons (Fsp3) is 0. The summed E-state index contributed by atoms with van der Waals surface area (Å²) in [6.07, 6.45) is 0. The number of hydrogen-bond acceptors (Lipinski definition) is 15. The summed E-state index contributed by atoms with van der Waals surface area (Å²) in [5, 5.41) is 0. The van der Waals surface area contributed by atoms with Crippen LogP contribution < -0.4 is 18.1 Å². The molecular weight excluding hydrogens is 957 g/mol. The predicted molar refractivity (Wildman–Crippen MR) is 12.6 cm³/mol. The van der Waals surface area contributed by atoms with E-state index >= 15 is 0 Å². The second kappa shape index (κ2) is 39.4. The second-order valence-corrected chi connectivity index (χ2v) is 6.61. The summed E-state index contributed by atoms with van der Waals surface area (Å²) in [6, 6.07) is 0. The fourth-order valence-electron chi connectivity index (χ4n) is 0. The van der Waals surface area contributed by atoms with Crippen LogP contribution in [0.4, 0.5) is 0 Å². The van der Waals surface area contributed by atoms with Gasteiger partial charge in [0.05, 0.1) is 0 Å². The minimum Gasteiger partial charge on any atom is 2.00 e. The van der Waals surface area contributed by atoms with Crippen LogP contribution in [0.15, 0.2) is 0 Å². The maximum absolute atomic E-state index is 8.60. The van der Waals surface area contributed by atoms with E-state index in [4.69, 9.17) is 50.6 Å². The molecule has 0 aromatic rings. The summed E-state index contributed by atoms with van der Waals surface area (Å²) in [7, 11) is 0. The molecule has 0 saturated heterocycles. The normalized spacial score (nSPS) is 5.68. The quantitative estimate of drug-likeness (QED) is 0.204. The molecule has 0 amide bonds. The SMILES string of the molecule is [O]=[Nb](=[O])[O-].[O]=[Nb](=[O])[O-].[O]=[Nb](=[O])[O-].[O]=[Nb](=[O])[O-].[O]=[Nb](=[O])[O-].[Pb+2].[Sc+3]. The van der Waals surface area contributed by atoms with E-state index in [2.05, 4.69) is 0 Å². The first-order valence-electron chi connectivity index (χ1n) is 2.74. The molecule has 0 fully saturated rings. The zero-order chi connectivity index (χ0) is 17.9. The van der Waals surface area contributed by atoms with Gasteiger partial charge in [-0.05, 0) is 0 Å². The van der Waals surface area contributed by atoms with Crippen molar-refractivity contribution in [2.24, 2.45) is 0 Å². The summed E-state index contributed by atoms with van der Waals surface area (Å²) in [5.41, 5.74) is 0. The molecule has 0 saturated carbocycles. The Balaban J connectivity index is -0.0000000250. The molecule has 0 bridgehead atoms. The van der Waals surface area contributed by atoms with Gasteiger partial charge in [0.2, 0.25) is 0 Å². The van der Waals surface area contributed by atoms with Crippen molar-refractivity contribution in [3.63, 3.8) is 0 Å². The molecule has 0 unspecified atom stereocenters. The molecule has 22 heavy (non-hydrogen) atoms. The fourth-order valence-corrected chi connectivity index (χ4v) is 0. The van der Waals surface area contributed by atoms with E-state index in [9.17, 15) is 0 Å². The largest absolute Gasteiger partial charge is 3.00 e. The maximum Gasteiger partial charge on any atom is 3.00 e. The van der Waals surface area contributed by atoms with Crippen LogP contribution in [0.2, 0.25) is 0 Å². The first kappa shape index (κ1) is 44.6. The topological polar surface area (TPSA) is 286 Å². The van der Waals surface area contributed by atoms with Gasteiger partial charge in [0.25, 0.3) is 0 Å². The van der Waals surface area contributed by atoms with Crippen molar-refractivity contribution in [1.29, 1.82) is 0 Å². The Labute approximate surface area is 193 Å². The molecule has 0 atom stereocenters. The van der Waals surface area contributed by atoms with Crippen molar-refractivity contribution >= 4 is 27.3 Å². The van der Waals surface area contributed by atoms with Crippen LogP contribution in [-0.2, 0) is 152 Å². The average Bonchev–Trinajstić information content (AvgIpc) is 1.94. The van der Waals surface area contributed by atoms with E-state index in [1.54, 1.807) is 0 Å². The van der Waals surface area contributed by atoms with Gasteiger partial charge in [0.15, 0.2) is 0 Å². The van der Waals surface area contributed by atoms with Gasteiger partial charge in [0.1, 0.15) is 0 Å². The zero-order valence-electron chi connectivity index (χ0n) is 9.44. The standard InChI is InChI=1S/5Nb.15O.Pb.Sc/q;;;;;;;;;;;;;;;5*-1;+2;+3. The third kappa shape index (κ3) is 1070. The molecule has 0 N–H and O–H groups in total. The molecule has 0 spiro atoms. The van der Waals surface area contributed by atoms with E-state index in [1.807, 2.05) is 0 Å². The predicted octanol–water partition coefficient (Wildman–Crippen LogP) is -7.53. The van der Waals surface area contributed by atoms with Gasteiger partial charge in [-0.15, -0.1) is 0 Å². The van der Waals surface area contributed by atoms with Gasteiger partial charge >= 0.3 is 198 Å². The van der Waals surface area contributed by atoms with Gasteiger partial charge in [-0.3, -0.25) is 0 Å². The average molecular weight is 957 g/mol. The van der Waals surface area contributed by atoms with Crippen LogP contribution in [0.1, 0.15) is 0 Å². The summed E-state index contributed by atoms with van der Waals surface area (Å²) < 4.78 is 129. The first-order chi connectivity index (χ1) is 8.66. The zero-order valence-corrected chi connectivity index (χ0v) is 26.1. The Morgan fingerprint density at radius 3 is 0.364 bits per heavy atom. The third-order valence-electron chi connectivity index (χ3n) is 0. The van der Waals surface area contributed by atoms with Crippen molar-refractivity contribution < 1.29 is 170 Å². The molecule has 2 radical (unpaired) electrons. The van der Waals surface area contributed by atoms with E-state index in [-0.39, 0.29) is 53.1 Å². The minimum atomic E-state index is -4.20. The molecule has 15 nitrogen and oxygen atoms in total. The van der Waals surface area contributed by atoms with Crippen molar-refractivity contribution in [2.75, 3.05) is 0 Å². The van der Waals surface area contributed by atoms with E-state index in [0.29, 0.717) is 0 Å². The smallest absolute Gasteiger partial charge is 2.00 e. The van der Waals surface area contributed by atoms with E-state index < -0.39 is 93.9 Å². The Hall–Kier alpha value is 3.29. The Bertz CT molecular complexity index is 386. The molecule has 22 heteroatoms. The first-order valence-corrected chi connectivity index (χ1v) is 16.2. The third-order valence-corrected chi connectivity index (χ3v) is 0. The van der Waals surface area contributed by atoms with Crippen LogP contribution >= 0.6 is 0 Å². The molecule has 0 aliphatic carbocycles. The molecular formula is Nb5O15PbSc. The van der Waals surface area contributed by atoms with Gasteiger partial charge in [-0.1, -0.05) is 0 Å². The monoisotopic (exact) mass is 957 g/mol. The summed E-state index contributed by atoms with van der Waals surface area (Å²) in [5.74, 6) is 0. The van der Waals surface area contributed by atoms with Crippen LogP contribution in [0.3, 0.4) is 0 Å². The molecule has 0 rings (SSSR count). The van der Waals surface area contributed by atoms with Crippen molar-refractivity contribution in [2.45, 2.75) is 0 Å². The Morgan fingerprint density at radius 1 is 0.364 bits per heavy atom. The molecule has 0 aliphatic rings. The van der Waals surface area contributed by atoms with Gasteiger partial charge < -0.3 is 0 Å². The van der Waals surface area contributed by atoms with Crippen LogP contribution in [0.5, 0.6) is 0 Å². The maximum atomic E-state index is 8.60. The second-order valence-electron chi connectivity index (χ2n) is 1.12. The molecule has 122 valence electrons. The van der Waals surface area contributed by atoms with E-state index in [0.717, 1.165) is 0 Å². The van der Waals surface area contributed by atoms with Crippen molar-refractivity contribution in [3.05, 3.63) is 0 Å². The summed E-state index contributed by atoms with van der Waals surface area (Å²) in [4.78, 5) is 0. The van der Waals surface area contributed by atoms with Crippen molar-refractivity contribution in [3.8, 4) is 0 Å². The minimum absolute atomic E-state index is 0. The van der Waals surface area contributed by atoms with Crippen LogP contribution in [-0.4, -0.2) is 27.3 Å². The molecule has 0 aromatic heterocycles. The molecule has 0 aliphatic heterocycles. The number of rotatable bonds is 0. The van der Waals surface area contributed by atoms with Gasteiger partial charge in [0, 0.05) is 0 Å².